The van der Waals surface area contributed by atoms with Crippen molar-refractivity contribution in [2.45, 2.75) is 24.3 Å². The Morgan fingerprint density at radius 2 is 2.20 bits per heavy atom. The number of carbonyl (C=O) groups excluding carboxylic acids is 1. The van der Waals surface area contributed by atoms with Crippen LogP contribution in [0.15, 0.2) is 29.6 Å². The number of aromatic nitrogens is 1. The van der Waals surface area contributed by atoms with Crippen LogP contribution in [0.3, 0.4) is 0 Å². The van der Waals surface area contributed by atoms with Gasteiger partial charge in [-0.15, -0.1) is 11.3 Å². The van der Waals surface area contributed by atoms with Gasteiger partial charge in [0.05, 0.1) is 16.7 Å². The Bertz CT molecular complexity index is 780. The van der Waals surface area contributed by atoms with Crippen LogP contribution in [0.4, 0.5) is 15.6 Å². The van der Waals surface area contributed by atoms with E-state index < -0.39 is 11.0 Å². The van der Waals surface area contributed by atoms with E-state index in [0.717, 1.165) is 5.69 Å². The zero-order chi connectivity index (χ0) is 18.0. The largest absolute Gasteiger partial charge is 0.445 e. The van der Waals surface area contributed by atoms with Crippen molar-refractivity contribution in [2.75, 3.05) is 12.3 Å². The molecule has 2 unspecified atom stereocenters. The lowest BCUT2D eigenvalue weighted by atomic mass is 10.2. The number of nitrogen functional groups attached to an aromatic ring is 1. The van der Waals surface area contributed by atoms with E-state index in [4.69, 9.17) is 10.5 Å². The minimum atomic E-state index is -0.475. The van der Waals surface area contributed by atoms with Gasteiger partial charge in [-0.25, -0.2) is 9.78 Å². The first-order valence-corrected chi connectivity index (χ1v) is 8.89. The number of hydrogen-bond donors (Lipinski definition) is 2. The molecule has 1 amide bonds. The summed E-state index contributed by atoms with van der Waals surface area (Å²) in [7, 11) is 0. The number of nitro groups is 1. The Morgan fingerprint density at radius 1 is 1.48 bits per heavy atom. The molecule has 1 aliphatic rings. The molecule has 1 aromatic carbocycles. The highest BCUT2D eigenvalue weighted by atomic mass is 32.1. The molecule has 1 saturated heterocycles. The molecule has 25 heavy (non-hydrogen) atoms. The van der Waals surface area contributed by atoms with Crippen LogP contribution < -0.4 is 5.73 Å². The van der Waals surface area contributed by atoms with Gasteiger partial charge in [0.25, 0.3) is 5.69 Å². The van der Waals surface area contributed by atoms with Gasteiger partial charge in [-0.3, -0.25) is 15.0 Å². The second-order valence-electron chi connectivity index (χ2n) is 5.65. The third-order valence-electron chi connectivity index (χ3n) is 3.90. The van der Waals surface area contributed by atoms with E-state index in [1.165, 1.54) is 23.5 Å². The predicted molar refractivity (Wildman–Crippen MR) is 96.6 cm³/mol. The number of nitrogens with zero attached hydrogens (tertiary/aromatic N) is 3. The van der Waals surface area contributed by atoms with Crippen LogP contribution in [-0.4, -0.2) is 32.7 Å². The molecule has 132 valence electrons. The first-order valence-electron chi connectivity index (χ1n) is 7.49. The van der Waals surface area contributed by atoms with Gasteiger partial charge in [0.1, 0.15) is 6.61 Å². The van der Waals surface area contributed by atoms with Crippen molar-refractivity contribution < 1.29 is 14.5 Å². The van der Waals surface area contributed by atoms with Crippen LogP contribution in [0.5, 0.6) is 0 Å². The topological polar surface area (TPSA) is 112 Å². The van der Waals surface area contributed by atoms with Crippen molar-refractivity contribution in [2.24, 2.45) is 0 Å². The molecule has 2 heterocycles. The van der Waals surface area contributed by atoms with E-state index in [-0.39, 0.29) is 23.6 Å². The van der Waals surface area contributed by atoms with Gasteiger partial charge in [-0.05, 0) is 24.1 Å². The third kappa shape index (κ3) is 4.02. The number of likely N-dealkylation sites (tertiary alicyclic amines) is 1. The lowest BCUT2D eigenvalue weighted by molar-refractivity contribution is -0.384. The standard InChI is InChI=1S/C15H16N4O4S2/c16-14-17-12(8-25-14)13-5-11(24)6-18(13)15(20)23-7-9-1-3-10(4-2-9)19(21)22/h1-4,8,11,13,24H,5-7H2,(H2,16,17). The van der Waals surface area contributed by atoms with Crippen molar-refractivity contribution in [1.29, 1.82) is 0 Å². The van der Waals surface area contributed by atoms with E-state index in [2.05, 4.69) is 17.6 Å². The minimum Gasteiger partial charge on any atom is -0.445 e. The average molecular weight is 380 g/mol. The molecule has 0 bridgehead atoms. The summed E-state index contributed by atoms with van der Waals surface area (Å²) in [4.78, 5) is 28.5. The van der Waals surface area contributed by atoms with Crippen molar-refractivity contribution in [3.05, 3.63) is 51.0 Å². The Hall–Kier alpha value is -2.33. The molecule has 0 spiro atoms. The number of carbonyl (C=O) groups is 1. The Morgan fingerprint density at radius 3 is 2.80 bits per heavy atom. The SMILES string of the molecule is Nc1nc(C2CC(S)CN2C(=O)OCc2ccc([N+](=O)[O-])cc2)cs1. The summed E-state index contributed by atoms with van der Waals surface area (Å²) in [5, 5.41) is 13.0. The molecule has 10 heteroatoms. The van der Waals surface area contributed by atoms with Crippen LogP contribution >= 0.6 is 24.0 Å². The average Bonchev–Trinajstić information content (AvgIpc) is 3.18. The fraction of sp³-hybridized carbons (Fsp3) is 0.333. The Balaban J connectivity index is 1.64. The summed E-state index contributed by atoms with van der Waals surface area (Å²) in [6.07, 6.45) is 0.213. The maximum absolute atomic E-state index is 12.4. The van der Waals surface area contributed by atoms with Crippen LogP contribution in [0, 0.1) is 10.1 Å². The zero-order valence-corrected chi connectivity index (χ0v) is 14.8. The quantitative estimate of drug-likeness (QED) is 0.479. The van der Waals surface area contributed by atoms with E-state index in [0.29, 0.717) is 23.7 Å². The predicted octanol–water partition coefficient (Wildman–Crippen LogP) is 3.02. The second kappa shape index (κ2) is 7.28. The van der Waals surface area contributed by atoms with Gasteiger partial charge in [-0.2, -0.15) is 12.6 Å². The van der Waals surface area contributed by atoms with Crippen LogP contribution in [-0.2, 0) is 11.3 Å². The van der Waals surface area contributed by atoms with Crippen molar-refractivity contribution in [1.82, 2.24) is 9.88 Å². The number of nitrogens with two attached hydrogens (primary N) is 1. The molecule has 0 saturated carbocycles. The number of amides is 1. The molecule has 3 rings (SSSR count). The number of thiol groups is 1. The highest BCUT2D eigenvalue weighted by Gasteiger charge is 2.37. The monoisotopic (exact) mass is 380 g/mol. The fourth-order valence-electron chi connectivity index (χ4n) is 2.69. The molecule has 1 aromatic heterocycles. The van der Waals surface area contributed by atoms with Gasteiger partial charge in [-0.1, -0.05) is 0 Å². The van der Waals surface area contributed by atoms with Gasteiger partial charge in [0, 0.05) is 29.3 Å². The molecule has 1 aliphatic heterocycles. The smallest absolute Gasteiger partial charge is 0.410 e. The fourth-order valence-corrected chi connectivity index (χ4v) is 3.68. The first-order chi connectivity index (χ1) is 11.9. The molecule has 2 N–H and O–H groups in total. The number of hydrogen-bond acceptors (Lipinski definition) is 8. The van der Waals surface area contributed by atoms with Crippen molar-refractivity contribution in [3.8, 4) is 0 Å². The number of non-ortho nitro benzene ring substituents is 1. The first kappa shape index (κ1) is 17.5. The normalized spacial score (nSPS) is 19.8. The maximum Gasteiger partial charge on any atom is 0.410 e. The number of rotatable bonds is 4. The molecule has 8 nitrogen and oxygen atoms in total. The summed E-state index contributed by atoms with van der Waals surface area (Å²) in [6.45, 7) is 0.501. The summed E-state index contributed by atoms with van der Waals surface area (Å²) >= 11 is 5.79. The summed E-state index contributed by atoms with van der Waals surface area (Å²) in [6, 6.07) is 5.68. The summed E-state index contributed by atoms with van der Waals surface area (Å²) in [5.74, 6) is 0. The highest BCUT2D eigenvalue weighted by molar-refractivity contribution is 7.81. The lowest BCUT2D eigenvalue weighted by Gasteiger charge is -2.22. The molecule has 0 radical (unpaired) electrons. The number of thiazole rings is 1. The molecular formula is C15H16N4O4S2. The van der Waals surface area contributed by atoms with E-state index in [9.17, 15) is 14.9 Å². The Labute approximate surface area is 153 Å². The Kier molecular flexibility index (Phi) is 5.09. The van der Waals surface area contributed by atoms with E-state index in [1.54, 1.807) is 17.0 Å². The van der Waals surface area contributed by atoms with Crippen molar-refractivity contribution in [3.63, 3.8) is 0 Å². The second-order valence-corrected chi connectivity index (χ2v) is 7.27. The molecular weight excluding hydrogens is 364 g/mol. The number of ether oxygens (including phenoxy) is 1. The molecule has 0 aliphatic carbocycles. The molecule has 2 atom stereocenters. The number of benzene rings is 1. The third-order valence-corrected chi connectivity index (χ3v) is 4.97. The van der Waals surface area contributed by atoms with Crippen LogP contribution in [0.1, 0.15) is 23.7 Å². The molecule has 2 aromatic rings. The minimum absolute atomic E-state index is 0.00581. The van der Waals surface area contributed by atoms with Crippen LogP contribution in [0.25, 0.3) is 0 Å². The maximum atomic E-state index is 12.4. The zero-order valence-electron chi connectivity index (χ0n) is 13.1. The van der Waals surface area contributed by atoms with Gasteiger partial charge < -0.3 is 10.5 Å². The number of anilines is 1. The lowest BCUT2D eigenvalue weighted by Crippen LogP contribution is -2.32. The number of nitro benzene ring substituents is 1. The van der Waals surface area contributed by atoms with Gasteiger partial charge in [0.2, 0.25) is 0 Å². The van der Waals surface area contributed by atoms with E-state index >= 15 is 0 Å². The van der Waals surface area contributed by atoms with Gasteiger partial charge in [0.15, 0.2) is 5.13 Å². The van der Waals surface area contributed by atoms with Gasteiger partial charge >= 0.3 is 6.09 Å². The van der Waals surface area contributed by atoms with Crippen LogP contribution in [0.2, 0.25) is 0 Å². The van der Waals surface area contributed by atoms with E-state index in [1.807, 2.05) is 5.38 Å². The van der Waals surface area contributed by atoms with Crippen molar-refractivity contribution >= 4 is 40.9 Å². The highest BCUT2D eigenvalue weighted by Crippen LogP contribution is 2.35. The summed E-state index contributed by atoms with van der Waals surface area (Å²) < 4.78 is 5.35. The summed E-state index contributed by atoms with van der Waals surface area (Å²) in [5.41, 5.74) is 7.09. The molecule has 1 fully saturated rings.